The summed E-state index contributed by atoms with van der Waals surface area (Å²) < 4.78 is 13.6. The van der Waals surface area contributed by atoms with Gasteiger partial charge in [-0.25, -0.2) is 4.39 Å². The van der Waals surface area contributed by atoms with Gasteiger partial charge in [-0.15, -0.1) is 0 Å². The van der Waals surface area contributed by atoms with Crippen molar-refractivity contribution in [3.8, 4) is 0 Å². The molecule has 1 saturated heterocycles. The van der Waals surface area contributed by atoms with Crippen LogP contribution >= 0.6 is 11.6 Å². The quantitative estimate of drug-likeness (QED) is 0.838. The van der Waals surface area contributed by atoms with Crippen molar-refractivity contribution in [1.29, 1.82) is 0 Å². The molecular formula is C18H20ClFN2O4. The van der Waals surface area contributed by atoms with Crippen LogP contribution < -0.4 is 10.2 Å². The fourth-order valence-corrected chi connectivity index (χ4v) is 3.78. The Labute approximate surface area is 155 Å². The normalized spacial score (nSPS) is 26.0. The molecule has 0 spiro atoms. The van der Waals surface area contributed by atoms with E-state index in [-0.39, 0.29) is 22.8 Å². The van der Waals surface area contributed by atoms with Gasteiger partial charge in [0.15, 0.2) is 0 Å². The van der Waals surface area contributed by atoms with Crippen molar-refractivity contribution in [3.63, 3.8) is 0 Å². The topological polar surface area (TPSA) is 86.7 Å². The second-order valence-corrected chi connectivity index (χ2v) is 7.24. The molecule has 1 saturated carbocycles. The van der Waals surface area contributed by atoms with Crippen LogP contribution in [-0.2, 0) is 14.4 Å². The van der Waals surface area contributed by atoms with Crippen molar-refractivity contribution in [2.45, 2.75) is 38.1 Å². The minimum absolute atomic E-state index is 0.0180. The van der Waals surface area contributed by atoms with E-state index in [1.807, 2.05) is 0 Å². The summed E-state index contributed by atoms with van der Waals surface area (Å²) in [6.45, 7) is 0.368. The Kier molecular flexibility index (Phi) is 5.46. The standard InChI is InChI=1S/C18H20ClFN2O4/c19-13-5-4-12(9-14(13)20)22-7-6-15(17(22)24)21-16(23)10-2-1-3-11(8-10)18(25)26/h4-5,9-11,15H,1-3,6-8H2,(H,21,23)(H,25,26). The average molecular weight is 383 g/mol. The van der Waals surface area contributed by atoms with E-state index < -0.39 is 23.7 Å². The average Bonchev–Trinajstić information content (AvgIpc) is 2.98. The SMILES string of the molecule is O=C(O)C1CCCC(C(=O)NC2CCN(c3ccc(Cl)c(F)c3)C2=O)C1. The lowest BCUT2D eigenvalue weighted by molar-refractivity contribution is -0.144. The summed E-state index contributed by atoms with van der Waals surface area (Å²) in [5.74, 6) is -2.96. The van der Waals surface area contributed by atoms with Gasteiger partial charge < -0.3 is 15.3 Å². The molecule has 1 aromatic rings. The van der Waals surface area contributed by atoms with E-state index >= 15 is 0 Å². The minimum atomic E-state index is -0.879. The lowest BCUT2D eigenvalue weighted by Crippen LogP contribution is -2.45. The Morgan fingerprint density at radius 3 is 2.65 bits per heavy atom. The number of carbonyl (C=O) groups is 3. The molecule has 1 heterocycles. The van der Waals surface area contributed by atoms with E-state index in [4.69, 9.17) is 16.7 Å². The highest BCUT2D eigenvalue weighted by molar-refractivity contribution is 6.30. The van der Waals surface area contributed by atoms with Crippen LogP contribution in [0.2, 0.25) is 5.02 Å². The Hall–Kier alpha value is -2.15. The number of rotatable bonds is 4. The summed E-state index contributed by atoms with van der Waals surface area (Å²) in [5, 5.41) is 11.9. The summed E-state index contributed by atoms with van der Waals surface area (Å²) in [7, 11) is 0. The Balaban J connectivity index is 1.62. The first-order valence-electron chi connectivity index (χ1n) is 8.66. The summed E-state index contributed by atoms with van der Waals surface area (Å²) in [6, 6.07) is 3.47. The largest absolute Gasteiger partial charge is 0.481 e. The Bertz CT molecular complexity index is 742. The van der Waals surface area contributed by atoms with E-state index in [0.29, 0.717) is 44.3 Å². The van der Waals surface area contributed by atoms with Crippen molar-refractivity contribution in [2.24, 2.45) is 11.8 Å². The van der Waals surface area contributed by atoms with Crippen molar-refractivity contribution in [1.82, 2.24) is 5.32 Å². The molecule has 26 heavy (non-hydrogen) atoms. The van der Waals surface area contributed by atoms with Gasteiger partial charge in [0, 0.05) is 18.2 Å². The minimum Gasteiger partial charge on any atom is -0.481 e. The van der Waals surface area contributed by atoms with E-state index in [1.165, 1.54) is 17.0 Å². The van der Waals surface area contributed by atoms with E-state index in [1.54, 1.807) is 6.07 Å². The van der Waals surface area contributed by atoms with Gasteiger partial charge in [0.2, 0.25) is 11.8 Å². The molecule has 2 fully saturated rings. The monoisotopic (exact) mass is 382 g/mol. The van der Waals surface area contributed by atoms with Gasteiger partial charge in [0.25, 0.3) is 0 Å². The molecule has 1 aliphatic carbocycles. The zero-order valence-corrected chi connectivity index (χ0v) is 14.8. The Morgan fingerprint density at radius 2 is 1.96 bits per heavy atom. The molecular weight excluding hydrogens is 363 g/mol. The molecule has 0 radical (unpaired) electrons. The van der Waals surface area contributed by atoms with Crippen molar-refractivity contribution in [3.05, 3.63) is 29.0 Å². The number of benzene rings is 1. The van der Waals surface area contributed by atoms with Crippen LogP contribution in [0.5, 0.6) is 0 Å². The summed E-state index contributed by atoms with van der Waals surface area (Å²) in [5.41, 5.74) is 0.400. The number of carbonyl (C=O) groups excluding carboxylic acids is 2. The lowest BCUT2D eigenvalue weighted by Gasteiger charge is -2.26. The van der Waals surface area contributed by atoms with Crippen LogP contribution in [0.1, 0.15) is 32.1 Å². The maximum atomic E-state index is 13.6. The third-order valence-corrected chi connectivity index (χ3v) is 5.44. The second-order valence-electron chi connectivity index (χ2n) is 6.84. The van der Waals surface area contributed by atoms with E-state index in [2.05, 4.69) is 5.32 Å². The van der Waals surface area contributed by atoms with Crippen LogP contribution in [-0.4, -0.2) is 35.5 Å². The van der Waals surface area contributed by atoms with Crippen molar-refractivity contribution >= 4 is 35.1 Å². The summed E-state index contributed by atoms with van der Waals surface area (Å²) >= 11 is 5.66. The lowest BCUT2D eigenvalue weighted by atomic mass is 9.81. The predicted octanol–water partition coefficient (Wildman–Crippen LogP) is 2.59. The van der Waals surface area contributed by atoms with Gasteiger partial charge in [-0.2, -0.15) is 0 Å². The van der Waals surface area contributed by atoms with Gasteiger partial charge in [-0.1, -0.05) is 18.0 Å². The molecule has 0 aromatic heterocycles. The van der Waals surface area contributed by atoms with Crippen LogP contribution in [0, 0.1) is 17.7 Å². The molecule has 6 nitrogen and oxygen atoms in total. The number of carboxylic acid groups (broad SMARTS) is 1. The van der Waals surface area contributed by atoms with Crippen molar-refractivity contribution in [2.75, 3.05) is 11.4 Å². The number of halogens is 2. The van der Waals surface area contributed by atoms with Gasteiger partial charge in [-0.3, -0.25) is 14.4 Å². The van der Waals surface area contributed by atoms with E-state index in [0.717, 1.165) is 0 Å². The first-order chi connectivity index (χ1) is 12.4. The maximum absolute atomic E-state index is 13.6. The number of carboxylic acids is 1. The number of aliphatic carboxylic acids is 1. The molecule has 2 amide bonds. The highest BCUT2D eigenvalue weighted by atomic mass is 35.5. The van der Waals surface area contributed by atoms with Crippen LogP contribution in [0.25, 0.3) is 0 Å². The zero-order valence-electron chi connectivity index (χ0n) is 14.1. The van der Waals surface area contributed by atoms with Crippen LogP contribution in [0.15, 0.2) is 18.2 Å². The molecule has 8 heteroatoms. The van der Waals surface area contributed by atoms with Crippen molar-refractivity contribution < 1.29 is 23.9 Å². The molecule has 2 aliphatic rings. The molecule has 1 aromatic carbocycles. The molecule has 3 rings (SSSR count). The fourth-order valence-electron chi connectivity index (χ4n) is 3.66. The molecule has 2 N–H and O–H groups in total. The highest BCUT2D eigenvalue weighted by Crippen LogP contribution is 2.30. The van der Waals surface area contributed by atoms with Gasteiger partial charge in [0.1, 0.15) is 11.9 Å². The van der Waals surface area contributed by atoms with Gasteiger partial charge in [0.05, 0.1) is 10.9 Å². The molecule has 0 bridgehead atoms. The third-order valence-electron chi connectivity index (χ3n) is 5.13. The number of amides is 2. The molecule has 3 atom stereocenters. The van der Waals surface area contributed by atoms with Gasteiger partial charge in [-0.05, 0) is 43.9 Å². The number of nitrogens with one attached hydrogen (secondary N) is 1. The number of anilines is 1. The number of hydrogen-bond acceptors (Lipinski definition) is 3. The number of nitrogens with zero attached hydrogens (tertiary/aromatic N) is 1. The number of hydrogen-bond donors (Lipinski definition) is 2. The first-order valence-corrected chi connectivity index (χ1v) is 9.04. The fraction of sp³-hybridized carbons (Fsp3) is 0.500. The third kappa shape index (κ3) is 3.82. The van der Waals surface area contributed by atoms with E-state index in [9.17, 15) is 18.8 Å². The van der Waals surface area contributed by atoms with Gasteiger partial charge >= 0.3 is 5.97 Å². The highest BCUT2D eigenvalue weighted by Gasteiger charge is 2.37. The molecule has 1 aliphatic heterocycles. The first kappa shape index (κ1) is 18.6. The maximum Gasteiger partial charge on any atom is 0.306 e. The summed E-state index contributed by atoms with van der Waals surface area (Å²) in [6.07, 6.45) is 2.61. The zero-order chi connectivity index (χ0) is 18.8. The smallest absolute Gasteiger partial charge is 0.306 e. The van der Waals surface area contributed by atoms with Crippen LogP contribution in [0.3, 0.4) is 0 Å². The molecule has 140 valence electrons. The predicted molar refractivity (Wildman–Crippen MR) is 93.4 cm³/mol. The molecule has 3 unspecified atom stereocenters. The second kappa shape index (κ2) is 7.61. The van der Waals surface area contributed by atoms with Crippen LogP contribution in [0.4, 0.5) is 10.1 Å². The Morgan fingerprint density at radius 1 is 1.23 bits per heavy atom. The summed E-state index contributed by atoms with van der Waals surface area (Å²) in [4.78, 5) is 37.6.